The van der Waals surface area contributed by atoms with Gasteiger partial charge in [0.05, 0.1) is 16.6 Å². The van der Waals surface area contributed by atoms with Crippen molar-refractivity contribution in [1.82, 2.24) is 25.2 Å². The molecule has 0 unspecified atom stereocenters. The third-order valence-electron chi connectivity index (χ3n) is 5.53. The zero-order valence-corrected chi connectivity index (χ0v) is 17.2. The van der Waals surface area contributed by atoms with E-state index < -0.39 is 5.92 Å². The van der Waals surface area contributed by atoms with E-state index in [4.69, 9.17) is 11.6 Å². The van der Waals surface area contributed by atoms with Gasteiger partial charge in [-0.05, 0) is 25.1 Å². The number of halogens is 3. The van der Waals surface area contributed by atoms with E-state index >= 15 is 0 Å². The summed E-state index contributed by atoms with van der Waals surface area (Å²) in [5.74, 6) is -2.34. The molecule has 1 saturated heterocycles. The number of hydrogen-bond donors (Lipinski definition) is 2. The zero-order valence-electron chi connectivity index (χ0n) is 16.5. The molecule has 1 aliphatic rings. The Morgan fingerprint density at radius 1 is 1.27 bits per heavy atom. The van der Waals surface area contributed by atoms with Crippen molar-refractivity contribution in [3.8, 4) is 0 Å². The van der Waals surface area contributed by atoms with Gasteiger partial charge in [0.1, 0.15) is 5.82 Å². The van der Waals surface area contributed by atoms with Crippen LogP contribution in [0.4, 0.5) is 8.78 Å². The number of benzene rings is 1. The number of H-pyrrole nitrogens is 1. The lowest BCUT2D eigenvalue weighted by Gasteiger charge is -2.37. The number of nitrogens with one attached hydrogen (secondary N) is 2. The van der Waals surface area contributed by atoms with Crippen LogP contribution in [0.25, 0.3) is 10.9 Å². The fraction of sp³-hybridized carbons (Fsp3) is 0.381. The van der Waals surface area contributed by atoms with Crippen molar-refractivity contribution in [2.75, 3.05) is 19.6 Å². The van der Waals surface area contributed by atoms with E-state index in [9.17, 15) is 13.6 Å². The molecule has 4 rings (SSSR count). The summed E-state index contributed by atoms with van der Waals surface area (Å²) in [5.41, 5.74) is 1.99. The number of amides is 1. The quantitative estimate of drug-likeness (QED) is 0.634. The molecule has 2 aromatic heterocycles. The van der Waals surface area contributed by atoms with Gasteiger partial charge in [-0.25, -0.2) is 18.7 Å². The molecule has 0 bridgehead atoms. The molecular weight excluding hydrogens is 412 g/mol. The first kappa shape index (κ1) is 20.7. The van der Waals surface area contributed by atoms with E-state index in [1.165, 1.54) is 0 Å². The van der Waals surface area contributed by atoms with Gasteiger partial charge in [0.25, 0.3) is 11.8 Å². The summed E-state index contributed by atoms with van der Waals surface area (Å²) in [6.45, 7) is 2.48. The number of nitrogens with zero attached hydrogens (tertiary/aromatic N) is 3. The van der Waals surface area contributed by atoms with Crippen molar-refractivity contribution >= 4 is 28.4 Å². The molecule has 0 saturated carbocycles. The number of alkyl halides is 2. The number of carbonyl (C=O) groups is 1. The lowest BCUT2D eigenvalue weighted by atomic mass is 10.0. The normalized spacial score (nSPS) is 17.7. The smallest absolute Gasteiger partial charge is 0.252 e. The van der Waals surface area contributed by atoms with Gasteiger partial charge >= 0.3 is 0 Å². The van der Waals surface area contributed by atoms with E-state index in [-0.39, 0.29) is 44.4 Å². The van der Waals surface area contributed by atoms with Crippen LogP contribution in [-0.4, -0.2) is 51.3 Å². The topological polar surface area (TPSA) is 73.9 Å². The molecule has 1 aliphatic heterocycles. The Kier molecular flexibility index (Phi) is 5.71. The number of hydrogen-bond acceptors (Lipinski definition) is 4. The Balaban J connectivity index is 1.53. The molecule has 0 aliphatic carbocycles. The number of fused-ring (bicyclic) bond motifs is 1. The second-order valence-corrected chi connectivity index (χ2v) is 7.93. The fourth-order valence-electron chi connectivity index (χ4n) is 3.75. The summed E-state index contributed by atoms with van der Waals surface area (Å²) in [6.07, 6.45) is 4.72. The lowest BCUT2D eigenvalue weighted by molar-refractivity contribution is -0.0632. The molecule has 1 atom stereocenters. The van der Waals surface area contributed by atoms with Crippen molar-refractivity contribution < 1.29 is 13.6 Å². The van der Waals surface area contributed by atoms with Gasteiger partial charge in [0, 0.05) is 67.5 Å². The predicted molar refractivity (Wildman–Crippen MR) is 111 cm³/mol. The molecular formula is C21H22ClF2N5O. The molecule has 1 aromatic carbocycles. The highest BCUT2D eigenvalue weighted by molar-refractivity contribution is 6.38. The van der Waals surface area contributed by atoms with Gasteiger partial charge in [-0.1, -0.05) is 11.6 Å². The number of likely N-dealkylation sites (tertiary alicyclic amines) is 1. The minimum atomic E-state index is -2.65. The van der Waals surface area contributed by atoms with E-state index in [0.29, 0.717) is 16.4 Å². The second-order valence-electron chi connectivity index (χ2n) is 7.55. The molecule has 3 heterocycles. The van der Waals surface area contributed by atoms with Crippen molar-refractivity contribution in [3.05, 3.63) is 58.8 Å². The molecule has 6 nitrogen and oxygen atoms in total. The predicted octanol–water partition coefficient (Wildman–Crippen LogP) is 4.12. The monoisotopic (exact) mass is 433 g/mol. The average Bonchev–Trinajstić information content (AvgIpc) is 3.20. The molecule has 30 heavy (non-hydrogen) atoms. The van der Waals surface area contributed by atoms with Crippen LogP contribution in [0.3, 0.4) is 0 Å². The van der Waals surface area contributed by atoms with Crippen LogP contribution < -0.4 is 5.32 Å². The van der Waals surface area contributed by atoms with Crippen LogP contribution in [-0.2, 0) is 0 Å². The maximum absolute atomic E-state index is 13.6. The highest BCUT2D eigenvalue weighted by atomic mass is 35.5. The minimum absolute atomic E-state index is 0.208. The Morgan fingerprint density at radius 2 is 1.97 bits per heavy atom. The average molecular weight is 434 g/mol. The molecule has 1 amide bonds. The zero-order chi connectivity index (χ0) is 21.3. The maximum atomic E-state index is 13.6. The van der Waals surface area contributed by atoms with Crippen molar-refractivity contribution in [2.45, 2.75) is 31.7 Å². The number of rotatable bonds is 5. The molecule has 0 spiro atoms. The highest BCUT2D eigenvalue weighted by Crippen LogP contribution is 2.32. The largest absolute Gasteiger partial charge is 0.361 e. The molecule has 0 radical (unpaired) electrons. The fourth-order valence-corrected chi connectivity index (χ4v) is 4.07. The Morgan fingerprint density at radius 3 is 2.67 bits per heavy atom. The Labute approximate surface area is 177 Å². The maximum Gasteiger partial charge on any atom is 0.252 e. The van der Waals surface area contributed by atoms with Crippen molar-refractivity contribution in [3.63, 3.8) is 0 Å². The summed E-state index contributed by atoms with van der Waals surface area (Å²) < 4.78 is 27.3. The van der Waals surface area contributed by atoms with E-state index in [0.717, 1.165) is 16.5 Å². The molecule has 9 heteroatoms. The SMILES string of the molecule is Cc1ncc([C@@H](CNC(=O)c2ccc3[nH]ccc3c2Cl)N2CCC(F)(F)CC2)cn1. The number of carbonyl (C=O) groups excluding carboxylic acids is 1. The van der Waals surface area contributed by atoms with Crippen LogP contribution in [0.5, 0.6) is 0 Å². The Hall–Kier alpha value is -2.58. The summed E-state index contributed by atoms with van der Waals surface area (Å²) in [7, 11) is 0. The van der Waals surface area contributed by atoms with Gasteiger partial charge in [0.15, 0.2) is 0 Å². The summed E-state index contributed by atoms with van der Waals surface area (Å²) in [6, 6.07) is 4.98. The number of aromatic nitrogens is 3. The summed E-state index contributed by atoms with van der Waals surface area (Å²) >= 11 is 6.41. The van der Waals surface area contributed by atoms with Crippen molar-refractivity contribution in [2.24, 2.45) is 0 Å². The molecule has 1 fully saturated rings. The number of aromatic amines is 1. The van der Waals surface area contributed by atoms with Gasteiger partial charge in [-0.2, -0.15) is 0 Å². The first-order valence-corrected chi connectivity index (χ1v) is 10.2. The molecule has 158 valence electrons. The van der Waals surface area contributed by atoms with Gasteiger partial charge in [-0.15, -0.1) is 0 Å². The van der Waals surface area contributed by atoms with Crippen molar-refractivity contribution in [1.29, 1.82) is 0 Å². The highest BCUT2D eigenvalue weighted by Gasteiger charge is 2.36. The van der Waals surface area contributed by atoms with Crippen LogP contribution in [0.2, 0.25) is 5.02 Å². The number of piperidine rings is 1. The van der Waals surface area contributed by atoms with Crippen LogP contribution >= 0.6 is 11.6 Å². The van der Waals surface area contributed by atoms with Gasteiger partial charge in [-0.3, -0.25) is 9.69 Å². The standard InChI is InChI=1S/C21H22ClF2N5O/c1-13-26-10-14(11-27-13)18(29-8-5-21(23,24)6-9-29)12-28-20(30)16-2-3-17-15(19(16)22)4-7-25-17/h2-4,7,10-11,18,25H,5-6,8-9,12H2,1H3,(H,28,30)/t18-/m1/s1. The second kappa shape index (κ2) is 8.28. The first-order chi connectivity index (χ1) is 14.3. The number of aryl methyl sites for hydroxylation is 1. The Bertz CT molecular complexity index is 1040. The van der Waals surface area contributed by atoms with Crippen LogP contribution in [0.15, 0.2) is 36.8 Å². The molecule has 3 aromatic rings. The molecule has 2 N–H and O–H groups in total. The lowest BCUT2D eigenvalue weighted by Crippen LogP contribution is -2.45. The summed E-state index contributed by atoms with van der Waals surface area (Å²) in [5, 5.41) is 4.05. The van der Waals surface area contributed by atoms with Gasteiger partial charge < -0.3 is 10.3 Å². The third kappa shape index (κ3) is 4.29. The first-order valence-electron chi connectivity index (χ1n) is 9.78. The van der Waals surface area contributed by atoms with E-state index in [2.05, 4.69) is 20.3 Å². The van der Waals surface area contributed by atoms with Crippen LogP contribution in [0, 0.1) is 6.92 Å². The summed E-state index contributed by atoms with van der Waals surface area (Å²) in [4.78, 5) is 26.3. The van der Waals surface area contributed by atoms with E-state index in [1.54, 1.807) is 37.6 Å². The van der Waals surface area contributed by atoms with Gasteiger partial charge in [0.2, 0.25) is 0 Å². The van der Waals surface area contributed by atoms with Crippen LogP contribution in [0.1, 0.15) is 40.6 Å². The third-order valence-corrected chi connectivity index (χ3v) is 5.93. The minimum Gasteiger partial charge on any atom is -0.361 e. The van der Waals surface area contributed by atoms with E-state index in [1.807, 2.05) is 11.0 Å².